The van der Waals surface area contributed by atoms with Crippen molar-refractivity contribution >= 4 is 5.91 Å². The van der Waals surface area contributed by atoms with Crippen LogP contribution in [0.1, 0.15) is 373 Å². The van der Waals surface area contributed by atoms with Gasteiger partial charge in [0.2, 0.25) is 5.91 Å². The Kier molecular flexibility index (Phi) is 63.0. The Labute approximate surface area is 650 Å². The number of carbonyl (C=O) groups is 1. The van der Waals surface area contributed by atoms with Crippen molar-refractivity contribution in [2.75, 3.05) is 26.4 Å². The highest BCUT2D eigenvalue weighted by atomic mass is 16.8. The number of aliphatic hydroxyl groups excluding tert-OH is 11. The summed E-state index contributed by atoms with van der Waals surface area (Å²) >= 11 is 0. The molecule has 0 aromatic rings. The van der Waals surface area contributed by atoms with Gasteiger partial charge in [0.15, 0.2) is 18.9 Å². The van der Waals surface area contributed by atoms with E-state index in [1.165, 1.54) is 295 Å². The Morgan fingerprint density at radius 2 is 0.626 bits per heavy atom. The molecular weight excluding hydrogens is 1360 g/mol. The van der Waals surface area contributed by atoms with Crippen molar-refractivity contribution in [1.82, 2.24) is 5.32 Å². The van der Waals surface area contributed by atoms with Crippen molar-refractivity contribution < 1.29 is 89.4 Å². The van der Waals surface area contributed by atoms with Crippen LogP contribution in [0, 0.1) is 0 Å². The lowest BCUT2D eigenvalue weighted by Gasteiger charge is -2.48. The largest absolute Gasteiger partial charge is 0.394 e. The van der Waals surface area contributed by atoms with Crippen LogP contribution in [0.2, 0.25) is 0 Å². The van der Waals surface area contributed by atoms with Crippen LogP contribution >= 0.6 is 0 Å². The van der Waals surface area contributed by atoms with E-state index in [0.29, 0.717) is 12.8 Å². The van der Waals surface area contributed by atoms with Crippen LogP contribution in [0.25, 0.3) is 0 Å². The fraction of sp³-hybridized carbons (Fsp3) is 0.898. The average Bonchev–Trinajstić information content (AvgIpc) is 0.781. The topological polar surface area (TPSA) is 307 Å². The summed E-state index contributed by atoms with van der Waals surface area (Å²) in [5, 5.41) is 121. The minimum absolute atomic E-state index is 0.239. The fourth-order valence-electron chi connectivity index (χ4n) is 15.0. The molecule has 3 aliphatic heterocycles. The normalized spacial score (nSPS) is 25.7. The number of nitrogens with one attached hydrogen (secondary N) is 1. The Hall–Kier alpha value is -2.25. The van der Waals surface area contributed by atoms with E-state index < -0.39 is 124 Å². The third-order valence-corrected chi connectivity index (χ3v) is 22.1. The van der Waals surface area contributed by atoms with Crippen LogP contribution in [0.4, 0.5) is 0 Å². The number of unbranched alkanes of at least 4 members (excludes halogenated alkanes) is 50. The number of carbonyl (C=O) groups excluding carboxylic acids is 1. The van der Waals surface area contributed by atoms with Gasteiger partial charge in [0.1, 0.15) is 73.2 Å². The van der Waals surface area contributed by atoms with Crippen LogP contribution in [-0.2, 0) is 33.2 Å². The van der Waals surface area contributed by atoms with Gasteiger partial charge >= 0.3 is 0 Å². The molecule has 628 valence electrons. The molecule has 19 nitrogen and oxygen atoms in total. The van der Waals surface area contributed by atoms with Crippen LogP contribution in [0.15, 0.2) is 48.6 Å². The SMILES string of the molecule is CCCCCCC/C=C\C/C=C\CCCCCCCCCCCCCCCCCCCCCCCCCC(=O)NC(COC1OC(CO)C(OC2OC(CO)C(OC3OC(CO)C(O)C(O)C3O)C(O)C2O)C(O)C1O)C(O)/C=C/CC/C=C/CCCCCCCCCCCCCCCCCCCCCCC. The van der Waals surface area contributed by atoms with Gasteiger partial charge in [0.25, 0.3) is 0 Å². The molecular formula is C88H163NO18. The summed E-state index contributed by atoms with van der Waals surface area (Å²) in [5.41, 5.74) is 0. The molecule has 0 aromatic carbocycles. The van der Waals surface area contributed by atoms with Gasteiger partial charge < -0.3 is 89.9 Å². The molecule has 19 heteroatoms. The van der Waals surface area contributed by atoms with Crippen LogP contribution < -0.4 is 5.32 Å². The zero-order valence-corrected chi connectivity index (χ0v) is 67.6. The Morgan fingerprint density at radius 3 is 0.991 bits per heavy atom. The maximum atomic E-state index is 13.5. The third kappa shape index (κ3) is 47.3. The van der Waals surface area contributed by atoms with E-state index in [0.717, 1.165) is 44.9 Å². The minimum atomic E-state index is -1.98. The van der Waals surface area contributed by atoms with Gasteiger partial charge in [-0.05, 0) is 64.2 Å². The van der Waals surface area contributed by atoms with Crippen LogP contribution in [0.5, 0.6) is 0 Å². The molecule has 3 rings (SSSR count). The predicted octanol–water partition coefficient (Wildman–Crippen LogP) is 16.4. The molecule has 12 N–H and O–H groups in total. The molecule has 0 aliphatic carbocycles. The standard InChI is InChI=1S/C88H163NO18/c1-3-5-7-9-11-13-15-17-19-21-23-25-27-29-31-32-33-34-35-36-37-38-40-42-44-46-48-50-52-54-56-58-60-62-64-66-76(94)89-71(72(93)65-63-61-59-57-55-53-51-49-47-45-43-41-39-30-28-26-24-22-20-18-16-14-12-10-8-6-4-2)70-102-86-82(100)79(97)84(74(68-91)104-86)107-88-83(101)80(98)85(75(69-92)105-88)106-87-81(99)78(96)77(95)73(67-90)103-87/h15,17,21,23,55,57,63,65,71-75,77-88,90-93,95-101H,3-14,16,18-20,22,24-54,56,58-62,64,66-70H2,1-2H3,(H,89,94)/b17-15-,23-21-,57-55+,65-63+. The number of allylic oxidation sites excluding steroid dienone is 7. The minimum Gasteiger partial charge on any atom is -0.394 e. The summed E-state index contributed by atoms with van der Waals surface area (Å²) in [5.74, 6) is -0.278. The first kappa shape index (κ1) is 98.9. The van der Waals surface area contributed by atoms with Gasteiger partial charge in [-0.15, -0.1) is 0 Å². The zero-order valence-electron chi connectivity index (χ0n) is 67.6. The highest BCUT2D eigenvalue weighted by molar-refractivity contribution is 5.76. The number of hydrogen-bond donors (Lipinski definition) is 12. The van der Waals surface area contributed by atoms with Gasteiger partial charge in [-0.1, -0.05) is 351 Å². The summed E-state index contributed by atoms with van der Waals surface area (Å²) in [6.07, 6.45) is 61.2. The average molecular weight is 1520 g/mol. The summed E-state index contributed by atoms with van der Waals surface area (Å²) in [6, 6.07) is -0.991. The zero-order chi connectivity index (χ0) is 77.4. The summed E-state index contributed by atoms with van der Waals surface area (Å²) in [4.78, 5) is 13.5. The van der Waals surface area contributed by atoms with Crippen LogP contribution in [0.3, 0.4) is 0 Å². The van der Waals surface area contributed by atoms with E-state index in [9.17, 15) is 61.0 Å². The van der Waals surface area contributed by atoms with Crippen molar-refractivity contribution in [2.45, 2.75) is 478 Å². The molecule has 3 heterocycles. The molecule has 107 heavy (non-hydrogen) atoms. The summed E-state index contributed by atoms with van der Waals surface area (Å²) in [7, 11) is 0. The second-order valence-electron chi connectivity index (χ2n) is 31.7. The van der Waals surface area contributed by atoms with E-state index in [4.69, 9.17) is 28.4 Å². The number of amides is 1. The molecule has 0 saturated carbocycles. The van der Waals surface area contributed by atoms with Gasteiger partial charge in [0, 0.05) is 6.42 Å². The predicted molar refractivity (Wildman–Crippen MR) is 429 cm³/mol. The second-order valence-corrected chi connectivity index (χ2v) is 31.7. The molecule has 1 amide bonds. The number of aliphatic hydroxyl groups is 11. The van der Waals surface area contributed by atoms with Crippen LogP contribution in [-0.4, -0.2) is 193 Å². The lowest BCUT2D eigenvalue weighted by Crippen LogP contribution is -2.66. The van der Waals surface area contributed by atoms with E-state index in [2.05, 4.69) is 55.6 Å². The van der Waals surface area contributed by atoms with Gasteiger partial charge in [-0.2, -0.15) is 0 Å². The molecule has 0 aromatic heterocycles. The number of rotatable bonds is 72. The highest BCUT2D eigenvalue weighted by Crippen LogP contribution is 2.34. The first-order chi connectivity index (χ1) is 52.3. The second kappa shape index (κ2) is 68.2. The van der Waals surface area contributed by atoms with Gasteiger partial charge in [0.05, 0.1) is 38.6 Å². The van der Waals surface area contributed by atoms with Gasteiger partial charge in [-0.3, -0.25) is 4.79 Å². The Balaban J connectivity index is 1.34. The van der Waals surface area contributed by atoms with Crippen molar-refractivity contribution in [3.63, 3.8) is 0 Å². The van der Waals surface area contributed by atoms with Crippen molar-refractivity contribution in [1.29, 1.82) is 0 Å². The number of ether oxygens (including phenoxy) is 6. The smallest absolute Gasteiger partial charge is 0.220 e. The fourth-order valence-corrected chi connectivity index (χ4v) is 15.0. The maximum absolute atomic E-state index is 13.5. The molecule has 0 bridgehead atoms. The Bertz CT molecular complexity index is 2120. The van der Waals surface area contributed by atoms with E-state index in [-0.39, 0.29) is 18.9 Å². The summed E-state index contributed by atoms with van der Waals surface area (Å²) < 4.78 is 34.5. The Morgan fingerprint density at radius 1 is 0.336 bits per heavy atom. The third-order valence-electron chi connectivity index (χ3n) is 22.1. The van der Waals surface area contributed by atoms with E-state index >= 15 is 0 Å². The first-order valence-corrected chi connectivity index (χ1v) is 44.4. The molecule has 3 fully saturated rings. The quantitative estimate of drug-likeness (QED) is 0.0199. The molecule has 17 unspecified atom stereocenters. The van der Waals surface area contributed by atoms with Gasteiger partial charge in [-0.25, -0.2) is 0 Å². The van der Waals surface area contributed by atoms with Crippen molar-refractivity contribution in [2.24, 2.45) is 0 Å². The highest BCUT2D eigenvalue weighted by Gasteiger charge is 2.54. The van der Waals surface area contributed by atoms with Crippen molar-refractivity contribution in [3.8, 4) is 0 Å². The molecule has 3 saturated heterocycles. The van der Waals surface area contributed by atoms with E-state index in [1.54, 1.807) is 6.08 Å². The lowest BCUT2D eigenvalue weighted by atomic mass is 9.96. The van der Waals surface area contributed by atoms with E-state index in [1.807, 2.05) is 6.08 Å². The number of hydrogen-bond acceptors (Lipinski definition) is 18. The molecule has 0 radical (unpaired) electrons. The monoisotopic (exact) mass is 1520 g/mol. The lowest BCUT2D eigenvalue weighted by molar-refractivity contribution is -0.379. The molecule has 3 aliphatic rings. The van der Waals surface area contributed by atoms with Crippen molar-refractivity contribution in [3.05, 3.63) is 48.6 Å². The molecule has 0 spiro atoms. The maximum Gasteiger partial charge on any atom is 0.220 e. The summed E-state index contributed by atoms with van der Waals surface area (Å²) in [6.45, 7) is 1.77. The molecule has 17 atom stereocenters. The first-order valence-electron chi connectivity index (χ1n) is 44.4.